The van der Waals surface area contributed by atoms with E-state index < -0.39 is 17.8 Å². The number of aryl methyl sites for hydroxylation is 1. The molecular formula is C27H24F3N5O2. The van der Waals surface area contributed by atoms with Gasteiger partial charge in [0.15, 0.2) is 0 Å². The van der Waals surface area contributed by atoms with Crippen molar-refractivity contribution in [3.8, 4) is 23.0 Å². The van der Waals surface area contributed by atoms with E-state index in [1.807, 2.05) is 19.1 Å². The van der Waals surface area contributed by atoms with Gasteiger partial charge in [-0.3, -0.25) is 15.2 Å². The minimum absolute atomic E-state index is 0.148. The van der Waals surface area contributed by atoms with Crippen LogP contribution in [0.3, 0.4) is 0 Å². The molecule has 3 aromatic rings. The highest BCUT2D eigenvalue weighted by molar-refractivity contribution is 6.04. The van der Waals surface area contributed by atoms with Gasteiger partial charge >= 0.3 is 6.18 Å². The number of nitrogens with zero attached hydrogens (tertiary/aromatic N) is 3. The number of carbonyl (C=O) groups excluding carboxylic acids is 1. The van der Waals surface area contributed by atoms with E-state index in [0.29, 0.717) is 37.7 Å². The third kappa shape index (κ3) is 6.32. The number of rotatable bonds is 4. The number of aromatic nitrogens is 2. The number of pyridine rings is 2. The van der Waals surface area contributed by atoms with Gasteiger partial charge in [-0.25, -0.2) is 4.98 Å². The number of nitrogens with one attached hydrogen (secondary N) is 2. The Morgan fingerprint density at radius 3 is 2.59 bits per heavy atom. The molecule has 0 atom stereocenters. The van der Waals surface area contributed by atoms with Gasteiger partial charge in [-0.05, 0) is 67.1 Å². The first-order valence-electron chi connectivity index (χ1n) is 11.5. The summed E-state index contributed by atoms with van der Waals surface area (Å²) < 4.78 is 44.5. The molecule has 0 bridgehead atoms. The number of morpholine rings is 1. The van der Waals surface area contributed by atoms with E-state index in [9.17, 15) is 18.0 Å². The number of ether oxygens (including phenoxy) is 1. The Bertz CT molecular complexity index is 1400. The molecule has 1 amide bonds. The number of hydrogen-bond acceptors (Lipinski definition) is 6. The summed E-state index contributed by atoms with van der Waals surface area (Å²) in [5.74, 6) is 5.05. The second-order valence-corrected chi connectivity index (χ2v) is 8.48. The molecule has 1 fully saturated rings. The fourth-order valence-electron chi connectivity index (χ4n) is 3.84. The molecule has 0 unspecified atom stereocenters. The number of hydrogen-bond donors (Lipinski definition) is 2. The number of amides is 1. The fourth-order valence-corrected chi connectivity index (χ4v) is 3.84. The van der Waals surface area contributed by atoms with Gasteiger partial charge in [0, 0.05) is 42.3 Å². The van der Waals surface area contributed by atoms with E-state index in [2.05, 4.69) is 32.0 Å². The van der Waals surface area contributed by atoms with Gasteiger partial charge in [0.05, 0.1) is 24.6 Å². The van der Waals surface area contributed by atoms with Crippen molar-refractivity contribution in [2.75, 3.05) is 36.5 Å². The van der Waals surface area contributed by atoms with Crippen LogP contribution >= 0.6 is 0 Å². The Hall–Kier alpha value is -4.23. The second-order valence-electron chi connectivity index (χ2n) is 8.48. The van der Waals surface area contributed by atoms with Crippen molar-refractivity contribution in [1.29, 1.82) is 5.41 Å². The van der Waals surface area contributed by atoms with E-state index in [1.54, 1.807) is 25.3 Å². The molecule has 2 aromatic heterocycles. The highest BCUT2D eigenvalue weighted by Crippen LogP contribution is 2.32. The summed E-state index contributed by atoms with van der Waals surface area (Å²) in [4.78, 5) is 22.7. The van der Waals surface area contributed by atoms with E-state index in [-0.39, 0.29) is 11.3 Å². The lowest BCUT2D eigenvalue weighted by molar-refractivity contribution is -0.141. The molecule has 7 nitrogen and oxygen atoms in total. The molecule has 1 saturated heterocycles. The van der Waals surface area contributed by atoms with Gasteiger partial charge in [-0.15, -0.1) is 0 Å². The monoisotopic (exact) mass is 507 g/mol. The van der Waals surface area contributed by atoms with Crippen LogP contribution in [0.4, 0.5) is 24.5 Å². The topological polar surface area (TPSA) is 91.2 Å². The van der Waals surface area contributed by atoms with E-state index in [1.165, 1.54) is 6.07 Å². The van der Waals surface area contributed by atoms with Gasteiger partial charge in [0.25, 0.3) is 5.91 Å². The normalized spacial score (nSPS) is 13.5. The molecule has 0 saturated carbocycles. The molecule has 1 aromatic carbocycles. The molecule has 0 radical (unpaired) electrons. The summed E-state index contributed by atoms with van der Waals surface area (Å²) in [6, 6.07) is 9.18. The molecule has 1 aliphatic heterocycles. The predicted molar refractivity (Wildman–Crippen MR) is 135 cm³/mol. The number of halogens is 3. The number of benzene rings is 1. The average molecular weight is 508 g/mol. The SMILES string of the molecule is CC(=N)C#Cc1ncc(-c2cc(NC(=O)c3ccnc(C(F)(F)F)c3)ccc2C)cc1N1CCOCC1. The van der Waals surface area contributed by atoms with Crippen LogP contribution in [-0.4, -0.2) is 47.9 Å². The first-order valence-corrected chi connectivity index (χ1v) is 11.5. The van der Waals surface area contributed by atoms with E-state index in [0.717, 1.165) is 34.6 Å². The van der Waals surface area contributed by atoms with Gasteiger partial charge < -0.3 is 15.0 Å². The summed E-state index contributed by atoms with van der Waals surface area (Å²) in [5.41, 5.74) is 3.26. The summed E-state index contributed by atoms with van der Waals surface area (Å²) in [6.07, 6.45) is -2.01. The third-order valence-corrected chi connectivity index (χ3v) is 5.71. The quantitative estimate of drug-likeness (QED) is 0.385. The van der Waals surface area contributed by atoms with Crippen LogP contribution in [0.15, 0.2) is 48.8 Å². The zero-order valence-electron chi connectivity index (χ0n) is 20.2. The lowest BCUT2D eigenvalue weighted by Crippen LogP contribution is -2.36. The van der Waals surface area contributed by atoms with Crippen molar-refractivity contribution in [3.63, 3.8) is 0 Å². The highest BCUT2D eigenvalue weighted by Gasteiger charge is 2.33. The highest BCUT2D eigenvalue weighted by atomic mass is 19.4. The first-order chi connectivity index (χ1) is 17.6. The maximum absolute atomic E-state index is 13.0. The van der Waals surface area contributed by atoms with Gasteiger partial charge in [-0.2, -0.15) is 13.2 Å². The van der Waals surface area contributed by atoms with Crippen LogP contribution in [0.1, 0.15) is 34.2 Å². The van der Waals surface area contributed by atoms with Crippen molar-refractivity contribution in [2.24, 2.45) is 0 Å². The van der Waals surface area contributed by atoms with Gasteiger partial charge in [0.1, 0.15) is 11.4 Å². The Morgan fingerprint density at radius 1 is 1.14 bits per heavy atom. The molecule has 1 aliphatic rings. The average Bonchev–Trinajstić information content (AvgIpc) is 2.88. The fraction of sp³-hybridized carbons (Fsp3) is 0.259. The molecule has 10 heteroatoms. The summed E-state index contributed by atoms with van der Waals surface area (Å²) >= 11 is 0. The van der Waals surface area contributed by atoms with E-state index in [4.69, 9.17) is 10.1 Å². The first kappa shape index (κ1) is 25.9. The predicted octanol–water partition coefficient (Wildman–Crippen LogP) is 4.95. The Labute approximate surface area is 212 Å². The molecule has 37 heavy (non-hydrogen) atoms. The molecule has 3 heterocycles. The maximum Gasteiger partial charge on any atom is 0.433 e. The lowest BCUT2D eigenvalue weighted by Gasteiger charge is -2.29. The Balaban J connectivity index is 1.66. The molecule has 2 N–H and O–H groups in total. The van der Waals surface area contributed by atoms with Crippen molar-refractivity contribution < 1.29 is 22.7 Å². The zero-order chi connectivity index (χ0) is 26.6. The zero-order valence-corrected chi connectivity index (χ0v) is 20.2. The van der Waals surface area contributed by atoms with Crippen molar-refractivity contribution in [2.45, 2.75) is 20.0 Å². The molecule has 4 rings (SSSR count). The molecular weight excluding hydrogens is 483 g/mol. The van der Waals surface area contributed by atoms with Crippen LogP contribution in [0, 0.1) is 24.2 Å². The van der Waals surface area contributed by atoms with Crippen LogP contribution in [-0.2, 0) is 10.9 Å². The van der Waals surface area contributed by atoms with Crippen molar-refractivity contribution in [3.05, 3.63) is 71.3 Å². The van der Waals surface area contributed by atoms with Crippen LogP contribution in [0.25, 0.3) is 11.1 Å². The number of anilines is 2. The van der Waals surface area contributed by atoms with E-state index >= 15 is 0 Å². The smallest absolute Gasteiger partial charge is 0.378 e. The maximum atomic E-state index is 13.0. The minimum atomic E-state index is -4.65. The van der Waals surface area contributed by atoms with Crippen molar-refractivity contribution >= 4 is 23.0 Å². The van der Waals surface area contributed by atoms with Crippen LogP contribution in [0.5, 0.6) is 0 Å². The van der Waals surface area contributed by atoms with Gasteiger partial charge in [0.2, 0.25) is 0 Å². The Morgan fingerprint density at radius 2 is 1.89 bits per heavy atom. The van der Waals surface area contributed by atoms with Crippen LogP contribution in [0.2, 0.25) is 0 Å². The second kappa shape index (κ2) is 10.8. The summed E-state index contributed by atoms with van der Waals surface area (Å²) in [7, 11) is 0. The molecule has 0 aliphatic carbocycles. The number of alkyl halides is 3. The van der Waals surface area contributed by atoms with Gasteiger partial charge in [-0.1, -0.05) is 6.07 Å². The minimum Gasteiger partial charge on any atom is -0.378 e. The van der Waals surface area contributed by atoms with Crippen LogP contribution < -0.4 is 10.2 Å². The summed E-state index contributed by atoms with van der Waals surface area (Å²) in [5, 5.41) is 10.3. The summed E-state index contributed by atoms with van der Waals surface area (Å²) in [6.45, 7) is 6.02. The lowest BCUT2D eigenvalue weighted by atomic mass is 10.00. The largest absolute Gasteiger partial charge is 0.433 e. The third-order valence-electron chi connectivity index (χ3n) is 5.71. The van der Waals surface area contributed by atoms with Crippen molar-refractivity contribution in [1.82, 2.24) is 9.97 Å². The molecule has 190 valence electrons. The number of carbonyl (C=O) groups is 1. The standard InChI is InChI=1S/C27H24F3N5O2/c1-17-3-5-21(34-26(36)19-7-8-32-25(14-19)27(28,29)30)15-22(17)20-13-24(35-9-11-37-12-10-35)23(33-16-20)6-4-18(2)31/h3,5,7-8,13-16,31H,9-12H2,1-2H3,(H,34,36). The molecule has 0 spiro atoms. The Kier molecular flexibility index (Phi) is 7.55.